The highest BCUT2D eigenvalue weighted by molar-refractivity contribution is 6.00. The third kappa shape index (κ3) is 3.41. The summed E-state index contributed by atoms with van der Waals surface area (Å²) in [6.45, 7) is 3.96. The first-order chi connectivity index (χ1) is 12.6. The Bertz CT molecular complexity index is 642. The molecule has 2 aliphatic carbocycles. The van der Waals surface area contributed by atoms with Crippen LogP contribution in [0.5, 0.6) is 0 Å². The Kier molecular flexibility index (Phi) is 4.83. The van der Waals surface area contributed by atoms with Crippen LogP contribution in [0.15, 0.2) is 24.3 Å². The molecule has 4 heteroatoms. The topological polar surface area (TPSA) is 49.8 Å². The second kappa shape index (κ2) is 6.97. The van der Waals surface area contributed by atoms with Crippen LogP contribution in [0.25, 0.3) is 0 Å². The number of amides is 1. The summed E-state index contributed by atoms with van der Waals surface area (Å²) in [5.74, 6) is 1.00. The number of hydrogen-bond acceptors (Lipinski definition) is 3. The molecule has 3 fully saturated rings. The predicted molar refractivity (Wildman–Crippen MR) is 102 cm³/mol. The minimum Gasteiger partial charge on any atom is -0.387 e. The van der Waals surface area contributed by atoms with E-state index >= 15 is 0 Å². The minimum atomic E-state index is -0.750. The van der Waals surface area contributed by atoms with Crippen molar-refractivity contribution in [3.8, 4) is 0 Å². The molecule has 1 aliphatic heterocycles. The van der Waals surface area contributed by atoms with E-state index in [1.165, 1.54) is 18.4 Å². The molecule has 1 spiro atoms. The number of rotatable bonds is 6. The van der Waals surface area contributed by atoms with Gasteiger partial charge >= 0.3 is 0 Å². The van der Waals surface area contributed by atoms with Crippen molar-refractivity contribution in [1.29, 1.82) is 0 Å². The van der Waals surface area contributed by atoms with Gasteiger partial charge < -0.3 is 14.7 Å². The van der Waals surface area contributed by atoms with Crippen LogP contribution >= 0.6 is 0 Å². The highest BCUT2D eigenvalue weighted by Crippen LogP contribution is 2.49. The van der Waals surface area contributed by atoms with Crippen molar-refractivity contribution < 1.29 is 14.6 Å². The summed E-state index contributed by atoms with van der Waals surface area (Å²) in [4.78, 5) is 15.2. The molecule has 0 aromatic heterocycles. The molecule has 4 rings (SSSR count). The number of aliphatic hydroxyl groups is 1. The predicted octanol–water partition coefficient (Wildman–Crippen LogP) is 4.02. The summed E-state index contributed by atoms with van der Waals surface area (Å²) in [5.41, 5.74) is 1.42. The summed E-state index contributed by atoms with van der Waals surface area (Å²) >= 11 is 0. The normalized spacial score (nSPS) is 31.8. The van der Waals surface area contributed by atoms with Crippen molar-refractivity contribution >= 4 is 11.6 Å². The maximum atomic E-state index is 13.2. The number of benzene rings is 1. The SMILES string of the molecule is CCCOC[C@]1(O)CC[C@]2(CCN(c3ccc(C4CC4)cc3)C2=O)CC1. The van der Waals surface area contributed by atoms with Crippen molar-refractivity contribution in [3.05, 3.63) is 29.8 Å². The number of nitrogens with zero attached hydrogens (tertiary/aromatic N) is 1. The fraction of sp³-hybridized carbons (Fsp3) is 0.682. The molecule has 0 radical (unpaired) electrons. The molecule has 142 valence electrons. The molecular formula is C22H31NO3. The quantitative estimate of drug-likeness (QED) is 0.782. The summed E-state index contributed by atoms with van der Waals surface area (Å²) in [7, 11) is 0. The van der Waals surface area contributed by atoms with Gasteiger partial charge in [-0.15, -0.1) is 0 Å². The van der Waals surface area contributed by atoms with Crippen molar-refractivity contribution in [3.63, 3.8) is 0 Å². The molecule has 1 amide bonds. The Balaban J connectivity index is 1.39. The van der Waals surface area contributed by atoms with E-state index in [1.807, 2.05) is 4.90 Å². The summed E-state index contributed by atoms with van der Waals surface area (Å²) < 4.78 is 5.58. The van der Waals surface area contributed by atoms with Gasteiger partial charge in [-0.3, -0.25) is 4.79 Å². The molecule has 2 saturated carbocycles. The first-order valence-electron chi connectivity index (χ1n) is 10.3. The number of ether oxygens (including phenoxy) is 1. The van der Waals surface area contributed by atoms with E-state index in [1.54, 1.807) is 0 Å². The van der Waals surface area contributed by atoms with Crippen molar-refractivity contribution in [2.45, 2.75) is 69.8 Å². The fourth-order valence-corrected chi connectivity index (χ4v) is 4.62. The highest BCUT2D eigenvalue weighted by Gasteiger charge is 2.51. The largest absolute Gasteiger partial charge is 0.387 e. The van der Waals surface area contributed by atoms with Gasteiger partial charge in [0.1, 0.15) is 0 Å². The van der Waals surface area contributed by atoms with Crippen LogP contribution in [0.2, 0.25) is 0 Å². The third-order valence-corrected chi connectivity index (χ3v) is 6.62. The van der Waals surface area contributed by atoms with Gasteiger partial charge in [0.2, 0.25) is 5.91 Å². The molecule has 0 bridgehead atoms. The molecule has 1 saturated heterocycles. The maximum Gasteiger partial charge on any atom is 0.233 e. The summed E-state index contributed by atoms with van der Waals surface area (Å²) in [6.07, 6.45) is 7.35. The summed E-state index contributed by atoms with van der Waals surface area (Å²) in [6, 6.07) is 8.61. The first-order valence-corrected chi connectivity index (χ1v) is 10.3. The second-order valence-corrected chi connectivity index (χ2v) is 8.63. The zero-order valence-corrected chi connectivity index (χ0v) is 15.9. The lowest BCUT2D eigenvalue weighted by atomic mass is 9.68. The molecule has 1 aromatic carbocycles. The molecule has 1 heterocycles. The van der Waals surface area contributed by atoms with Crippen LogP contribution < -0.4 is 4.90 Å². The van der Waals surface area contributed by atoms with E-state index in [-0.39, 0.29) is 11.3 Å². The third-order valence-electron chi connectivity index (χ3n) is 6.62. The van der Waals surface area contributed by atoms with Crippen LogP contribution in [-0.4, -0.2) is 36.4 Å². The van der Waals surface area contributed by atoms with E-state index in [0.717, 1.165) is 43.8 Å². The average Bonchev–Trinajstić information content (AvgIpc) is 3.45. The van der Waals surface area contributed by atoms with Crippen molar-refractivity contribution in [2.24, 2.45) is 5.41 Å². The fourth-order valence-electron chi connectivity index (χ4n) is 4.62. The lowest BCUT2D eigenvalue weighted by Crippen LogP contribution is -2.45. The number of hydrogen-bond donors (Lipinski definition) is 1. The zero-order valence-electron chi connectivity index (χ0n) is 15.9. The van der Waals surface area contributed by atoms with E-state index in [9.17, 15) is 9.90 Å². The van der Waals surface area contributed by atoms with Gasteiger partial charge in [-0.05, 0) is 75.0 Å². The van der Waals surface area contributed by atoms with Gasteiger partial charge in [0.05, 0.1) is 17.6 Å². The summed E-state index contributed by atoms with van der Waals surface area (Å²) in [5, 5.41) is 10.7. The smallest absolute Gasteiger partial charge is 0.233 e. The monoisotopic (exact) mass is 357 g/mol. The Morgan fingerprint density at radius 1 is 1.12 bits per heavy atom. The number of carbonyl (C=O) groups excluding carboxylic acids is 1. The molecule has 1 N–H and O–H groups in total. The van der Waals surface area contributed by atoms with Crippen molar-refractivity contribution in [2.75, 3.05) is 24.7 Å². The van der Waals surface area contributed by atoms with Crippen LogP contribution in [0.3, 0.4) is 0 Å². The van der Waals surface area contributed by atoms with Gasteiger partial charge in [0, 0.05) is 18.8 Å². The highest BCUT2D eigenvalue weighted by atomic mass is 16.5. The van der Waals surface area contributed by atoms with Gasteiger partial charge in [-0.2, -0.15) is 0 Å². The molecule has 4 nitrogen and oxygen atoms in total. The van der Waals surface area contributed by atoms with E-state index < -0.39 is 5.60 Å². The van der Waals surface area contributed by atoms with Crippen LogP contribution in [-0.2, 0) is 9.53 Å². The zero-order chi connectivity index (χ0) is 18.2. The lowest BCUT2D eigenvalue weighted by Gasteiger charge is -2.40. The second-order valence-electron chi connectivity index (χ2n) is 8.63. The van der Waals surface area contributed by atoms with E-state index in [4.69, 9.17) is 4.74 Å². The van der Waals surface area contributed by atoms with E-state index in [0.29, 0.717) is 26.1 Å². The van der Waals surface area contributed by atoms with Gasteiger partial charge in [0.15, 0.2) is 0 Å². The minimum absolute atomic E-state index is 0.258. The average molecular weight is 357 g/mol. The first kappa shape index (κ1) is 18.0. The van der Waals surface area contributed by atoms with Crippen LogP contribution in [0, 0.1) is 5.41 Å². The Labute approximate surface area is 156 Å². The lowest BCUT2D eigenvalue weighted by molar-refractivity contribution is -0.134. The Morgan fingerprint density at radius 3 is 2.42 bits per heavy atom. The molecule has 0 unspecified atom stereocenters. The molecular weight excluding hydrogens is 326 g/mol. The van der Waals surface area contributed by atoms with Gasteiger partial charge in [-0.25, -0.2) is 0 Å². The Hall–Kier alpha value is -1.39. The molecule has 0 atom stereocenters. The Morgan fingerprint density at radius 2 is 1.81 bits per heavy atom. The molecule has 3 aliphatic rings. The standard InChI is InChI=1S/C22H31NO3/c1-2-15-26-16-22(25)11-9-21(10-12-22)13-14-23(20(21)24)19-7-5-18(6-8-19)17-3-4-17/h5-8,17,25H,2-4,9-16H2,1H3/t21-,22+. The number of carbonyl (C=O) groups is 1. The number of anilines is 1. The maximum absolute atomic E-state index is 13.2. The van der Waals surface area contributed by atoms with Gasteiger partial charge in [-0.1, -0.05) is 19.1 Å². The van der Waals surface area contributed by atoms with Gasteiger partial charge in [0.25, 0.3) is 0 Å². The van der Waals surface area contributed by atoms with Crippen molar-refractivity contribution in [1.82, 2.24) is 0 Å². The molecule has 26 heavy (non-hydrogen) atoms. The van der Waals surface area contributed by atoms with E-state index in [2.05, 4.69) is 31.2 Å². The van der Waals surface area contributed by atoms with Crippen LogP contribution in [0.1, 0.15) is 69.8 Å². The van der Waals surface area contributed by atoms with Crippen LogP contribution in [0.4, 0.5) is 5.69 Å². The molecule has 1 aromatic rings.